The molecule has 0 fully saturated rings. The number of rotatable bonds is 3. The van der Waals surface area contributed by atoms with Crippen molar-refractivity contribution in [3.8, 4) is 11.5 Å². The van der Waals surface area contributed by atoms with Gasteiger partial charge in [0, 0.05) is 0 Å². The van der Waals surface area contributed by atoms with Crippen LogP contribution in [0.15, 0.2) is 47.6 Å². The van der Waals surface area contributed by atoms with Crippen molar-refractivity contribution in [1.82, 2.24) is 5.43 Å². The molecule has 0 aromatic heterocycles. The number of hydrogen-bond acceptors (Lipinski definition) is 4. The summed E-state index contributed by atoms with van der Waals surface area (Å²) in [6.45, 7) is 0.0203. The molecule has 118 valence electrons. The third-order valence-electron chi connectivity index (χ3n) is 3.17. The summed E-state index contributed by atoms with van der Waals surface area (Å²) in [6, 6.07) is 10.4. The summed E-state index contributed by atoms with van der Waals surface area (Å²) in [5, 5.41) is 3.55. The lowest BCUT2D eigenvalue weighted by Gasteiger charge is -2.24. The van der Waals surface area contributed by atoms with Crippen LogP contribution in [0.4, 0.5) is 8.78 Å². The maximum Gasteiger partial charge on any atom is 0.284 e. The Morgan fingerprint density at radius 1 is 1.13 bits per heavy atom. The van der Waals surface area contributed by atoms with Gasteiger partial charge in [0.2, 0.25) is 6.10 Å². The van der Waals surface area contributed by atoms with Gasteiger partial charge in [-0.15, -0.1) is 0 Å². The van der Waals surface area contributed by atoms with Crippen molar-refractivity contribution in [2.24, 2.45) is 5.10 Å². The van der Waals surface area contributed by atoms with E-state index in [0.717, 1.165) is 18.3 Å². The van der Waals surface area contributed by atoms with Crippen molar-refractivity contribution in [3.05, 3.63) is 59.7 Å². The molecule has 3 rings (SSSR count). The molecular weight excluding hydrogens is 306 g/mol. The minimum absolute atomic E-state index is 0.0203. The molecule has 23 heavy (non-hydrogen) atoms. The van der Waals surface area contributed by atoms with Crippen molar-refractivity contribution in [3.63, 3.8) is 0 Å². The van der Waals surface area contributed by atoms with E-state index in [1.54, 1.807) is 24.3 Å². The Labute approximate surface area is 130 Å². The van der Waals surface area contributed by atoms with E-state index in [0.29, 0.717) is 11.5 Å². The molecular formula is C16H12F2N2O3. The molecule has 0 spiro atoms. The average Bonchev–Trinajstić information content (AvgIpc) is 2.57. The number of nitrogens with zero attached hydrogens (tertiary/aromatic N) is 1. The lowest BCUT2D eigenvalue weighted by atomic mass is 10.2. The number of ether oxygens (including phenoxy) is 2. The van der Waals surface area contributed by atoms with E-state index in [4.69, 9.17) is 9.47 Å². The molecule has 0 saturated heterocycles. The molecule has 2 aromatic carbocycles. The number of para-hydroxylation sites is 2. The average molecular weight is 318 g/mol. The number of benzene rings is 2. The van der Waals surface area contributed by atoms with E-state index in [1.165, 1.54) is 6.07 Å². The van der Waals surface area contributed by atoms with Gasteiger partial charge in [-0.1, -0.05) is 18.2 Å². The highest BCUT2D eigenvalue weighted by Crippen LogP contribution is 2.30. The maximum atomic E-state index is 13.4. The predicted octanol–water partition coefficient (Wildman–Crippen LogP) is 2.25. The van der Waals surface area contributed by atoms with E-state index >= 15 is 0 Å². The van der Waals surface area contributed by atoms with Crippen molar-refractivity contribution < 1.29 is 23.0 Å². The second-order valence-electron chi connectivity index (χ2n) is 4.73. The second-order valence-corrected chi connectivity index (χ2v) is 4.73. The fourth-order valence-corrected chi connectivity index (χ4v) is 2.02. The molecule has 1 heterocycles. The zero-order chi connectivity index (χ0) is 16.2. The van der Waals surface area contributed by atoms with Crippen LogP contribution in [-0.4, -0.2) is 24.8 Å². The Morgan fingerprint density at radius 2 is 1.83 bits per heavy atom. The van der Waals surface area contributed by atoms with E-state index < -0.39 is 23.6 Å². The number of carbonyl (C=O) groups is 1. The lowest BCUT2D eigenvalue weighted by Crippen LogP contribution is -2.42. The van der Waals surface area contributed by atoms with E-state index in [9.17, 15) is 13.6 Å². The van der Waals surface area contributed by atoms with Gasteiger partial charge in [-0.25, -0.2) is 14.2 Å². The summed E-state index contributed by atoms with van der Waals surface area (Å²) < 4.78 is 37.7. The van der Waals surface area contributed by atoms with Crippen molar-refractivity contribution in [1.29, 1.82) is 0 Å². The molecule has 5 nitrogen and oxygen atoms in total. The zero-order valence-electron chi connectivity index (χ0n) is 11.8. The van der Waals surface area contributed by atoms with Gasteiger partial charge in [-0.05, 0) is 24.3 Å². The number of hydrogen-bond donors (Lipinski definition) is 1. The van der Waals surface area contributed by atoms with Crippen molar-refractivity contribution >= 4 is 12.1 Å². The number of hydrazone groups is 1. The highest BCUT2D eigenvalue weighted by atomic mass is 19.1. The Kier molecular flexibility index (Phi) is 4.18. The highest BCUT2D eigenvalue weighted by Gasteiger charge is 2.27. The summed E-state index contributed by atoms with van der Waals surface area (Å²) in [6.07, 6.45) is 0.00716. The SMILES string of the molecule is O=C(NN=Cc1c(F)cccc1F)C1COc2ccccc2O1. The van der Waals surface area contributed by atoms with Crippen molar-refractivity contribution in [2.75, 3.05) is 6.61 Å². The molecule has 0 radical (unpaired) electrons. The van der Waals surface area contributed by atoms with Gasteiger partial charge in [0.25, 0.3) is 5.91 Å². The van der Waals surface area contributed by atoms with Crippen molar-refractivity contribution in [2.45, 2.75) is 6.10 Å². The number of amides is 1. The first-order valence-corrected chi connectivity index (χ1v) is 6.80. The third-order valence-corrected chi connectivity index (χ3v) is 3.17. The van der Waals surface area contributed by atoms with Gasteiger partial charge in [0.05, 0.1) is 11.8 Å². The van der Waals surface area contributed by atoms with Gasteiger partial charge in [-0.2, -0.15) is 5.10 Å². The summed E-state index contributed by atoms with van der Waals surface area (Å²) in [4.78, 5) is 12.0. The van der Waals surface area contributed by atoms with Crippen LogP contribution in [0.5, 0.6) is 11.5 Å². The number of nitrogens with one attached hydrogen (secondary N) is 1. The predicted molar refractivity (Wildman–Crippen MR) is 78.4 cm³/mol. The number of carbonyl (C=O) groups excluding carboxylic acids is 1. The van der Waals surface area contributed by atoms with E-state index in [-0.39, 0.29) is 12.2 Å². The van der Waals surface area contributed by atoms with E-state index in [1.807, 2.05) is 0 Å². The summed E-state index contributed by atoms with van der Waals surface area (Å²) in [5.74, 6) is -1.12. The molecule has 1 N–H and O–H groups in total. The Morgan fingerprint density at radius 3 is 2.57 bits per heavy atom. The molecule has 7 heteroatoms. The first-order chi connectivity index (χ1) is 11.1. The van der Waals surface area contributed by atoms with Crippen LogP contribution in [0, 0.1) is 11.6 Å². The molecule has 1 aliphatic heterocycles. The van der Waals surface area contributed by atoms with Crippen LogP contribution in [0.2, 0.25) is 0 Å². The summed E-state index contributed by atoms with van der Waals surface area (Å²) in [7, 11) is 0. The fourth-order valence-electron chi connectivity index (χ4n) is 2.02. The molecule has 0 aliphatic carbocycles. The van der Waals surface area contributed by atoms with E-state index in [2.05, 4.69) is 10.5 Å². The standard InChI is InChI=1S/C16H12F2N2O3/c17-11-4-3-5-12(18)10(11)8-19-20-16(21)15-9-22-13-6-1-2-7-14(13)23-15/h1-8,15H,9H2,(H,20,21). The Balaban J connectivity index is 1.63. The first-order valence-electron chi connectivity index (χ1n) is 6.80. The lowest BCUT2D eigenvalue weighted by molar-refractivity contribution is -0.130. The molecule has 2 aromatic rings. The van der Waals surface area contributed by atoms with Crippen LogP contribution in [0.1, 0.15) is 5.56 Å². The van der Waals surface area contributed by atoms with Gasteiger partial charge in [0.15, 0.2) is 11.5 Å². The highest BCUT2D eigenvalue weighted by molar-refractivity contribution is 5.85. The minimum atomic E-state index is -0.896. The second kappa shape index (κ2) is 6.43. The van der Waals surface area contributed by atoms with Gasteiger partial charge < -0.3 is 9.47 Å². The molecule has 1 atom stereocenters. The number of fused-ring (bicyclic) bond motifs is 1. The zero-order valence-corrected chi connectivity index (χ0v) is 11.8. The normalized spacial score (nSPS) is 16.3. The molecule has 1 aliphatic rings. The third kappa shape index (κ3) is 3.28. The smallest absolute Gasteiger partial charge is 0.284 e. The van der Waals surface area contributed by atoms with Gasteiger partial charge in [-0.3, -0.25) is 4.79 Å². The van der Waals surface area contributed by atoms with Crippen LogP contribution in [0.3, 0.4) is 0 Å². The minimum Gasteiger partial charge on any atom is -0.485 e. The summed E-state index contributed by atoms with van der Waals surface area (Å²) >= 11 is 0. The van der Waals surface area contributed by atoms with Crippen LogP contribution >= 0.6 is 0 Å². The van der Waals surface area contributed by atoms with Gasteiger partial charge in [0.1, 0.15) is 18.2 Å². The van der Waals surface area contributed by atoms with Crippen LogP contribution < -0.4 is 14.9 Å². The van der Waals surface area contributed by atoms with Gasteiger partial charge >= 0.3 is 0 Å². The largest absolute Gasteiger partial charge is 0.485 e. The topological polar surface area (TPSA) is 59.9 Å². The van der Waals surface area contributed by atoms with Crippen LogP contribution in [-0.2, 0) is 4.79 Å². The Bertz CT molecular complexity index is 744. The fraction of sp³-hybridized carbons (Fsp3) is 0.125. The number of halogens is 2. The molecule has 0 bridgehead atoms. The molecule has 1 amide bonds. The van der Waals surface area contributed by atoms with Crippen LogP contribution in [0.25, 0.3) is 0 Å². The Hall–Kier alpha value is -2.96. The molecule has 0 saturated carbocycles. The maximum absolute atomic E-state index is 13.4. The summed E-state index contributed by atoms with van der Waals surface area (Å²) in [5.41, 5.74) is 1.84. The first kappa shape index (κ1) is 15.0. The monoisotopic (exact) mass is 318 g/mol. The molecule has 1 unspecified atom stereocenters. The quantitative estimate of drug-likeness (QED) is 0.697.